The van der Waals surface area contributed by atoms with Gasteiger partial charge in [0.25, 0.3) is 0 Å². The van der Waals surface area contributed by atoms with E-state index >= 15 is 0 Å². The van der Waals surface area contributed by atoms with E-state index in [9.17, 15) is 0 Å². The lowest BCUT2D eigenvalue weighted by molar-refractivity contribution is 0.120. The quantitative estimate of drug-likeness (QED) is 0.653. The first kappa shape index (κ1) is 17.2. The molecule has 0 saturated carbocycles. The Hall–Kier alpha value is -0.860. The van der Waals surface area contributed by atoms with E-state index in [1.807, 2.05) is 0 Å². The van der Waals surface area contributed by atoms with E-state index in [2.05, 4.69) is 57.3 Å². The Kier molecular flexibility index (Phi) is 8.56. The van der Waals surface area contributed by atoms with Crippen molar-refractivity contribution in [2.24, 2.45) is 5.92 Å². The van der Waals surface area contributed by atoms with Crippen molar-refractivity contribution in [1.82, 2.24) is 5.32 Å². The molecule has 0 radical (unpaired) electrons. The van der Waals surface area contributed by atoms with Crippen LogP contribution in [-0.2, 0) is 11.2 Å². The summed E-state index contributed by atoms with van der Waals surface area (Å²) in [6.07, 6.45) is 3.37. The molecular weight excluding hydrogens is 246 g/mol. The van der Waals surface area contributed by atoms with Gasteiger partial charge in [0.2, 0.25) is 0 Å². The molecule has 0 aliphatic carbocycles. The molecule has 0 aromatic heterocycles. The summed E-state index contributed by atoms with van der Waals surface area (Å²) in [4.78, 5) is 0. The summed E-state index contributed by atoms with van der Waals surface area (Å²) >= 11 is 0. The predicted octanol–water partition coefficient (Wildman–Crippen LogP) is 3.97. The van der Waals surface area contributed by atoms with Crippen LogP contribution in [0.1, 0.15) is 44.7 Å². The Balaban J connectivity index is 2.47. The molecule has 2 heteroatoms. The topological polar surface area (TPSA) is 21.3 Å². The van der Waals surface area contributed by atoms with Gasteiger partial charge in [-0.3, -0.25) is 0 Å². The summed E-state index contributed by atoms with van der Waals surface area (Å²) in [7, 11) is 0. The predicted molar refractivity (Wildman–Crippen MR) is 87.2 cm³/mol. The van der Waals surface area contributed by atoms with Gasteiger partial charge in [-0.25, -0.2) is 0 Å². The van der Waals surface area contributed by atoms with Crippen molar-refractivity contribution in [1.29, 1.82) is 0 Å². The van der Waals surface area contributed by atoms with Gasteiger partial charge in [0.1, 0.15) is 0 Å². The molecule has 114 valence electrons. The lowest BCUT2D eigenvalue weighted by Gasteiger charge is -2.19. The molecule has 1 rings (SSSR count). The molecule has 0 heterocycles. The third-order valence-electron chi connectivity index (χ3n) is 3.44. The van der Waals surface area contributed by atoms with E-state index in [4.69, 9.17) is 4.74 Å². The Morgan fingerprint density at radius 1 is 1.20 bits per heavy atom. The minimum atomic E-state index is 0.548. The van der Waals surface area contributed by atoms with E-state index in [-0.39, 0.29) is 0 Å². The summed E-state index contributed by atoms with van der Waals surface area (Å²) in [6, 6.07) is 9.41. The third-order valence-corrected chi connectivity index (χ3v) is 3.44. The molecule has 1 atom stereocenters. The molecule has 1 N–H and O–H groups in total. The Bertz CT molecular complexity index is 362. The van der Waals surface area contributed by atoms with Gasteiger partial charge in [-0.05, 0) is 44.2 Å². The second kappa shape index (κ2) is 9.95. The summed E-state index contributed by atoms with van der Waals surface area (Å²) < 4.78 is 5.65. The maximum atomic E-state index is 5.65. The van der Waals surface area contributed by atoms with Crippen molar-refractivity contribution in [3.05, 3.63) is 35.4 Å². The molecule has 1 aromatic rings. The summed E-state index contributed by atoms with van der Waals surface area (Å²) in [5.41, 5.74) is 2.79. The standard InChI is InChI=1S/C18H31NO/c1-5-10-20-11-9-18(14-19-15(2)3)13-17-8-6-7-16(4)12-17/h6-8,12,15,18-19H,5,9-11,13-14H2,1-4H3. The zero-order valence-corrected chi connectivity index (χ0v) is 13.6. The van der Waals surface area contributed by atoms with Gasteiger partial charge in [-0.15, -0.1) is 0 Å². The highest BCUT2D eigenvalue weighted by Crippen LogP contribution is 2.14. The fourth-order valence-corrected chi connectivity index (χ4v) is 2.35. The fourth-order valence-electron chi connectivity index (χ4n) is 2.35. The van der Waals surface area contributed by atoms with Crippen LogP contribution in [0.15, 0.2) is 24.3 Å². The van der Waals surface area contributed by atoms with E-state index in [0.717, 1.165) is 39.0 Å². The number of hydrogen-bond acceptors (Lipinski definition) is 2. The third kappa shape index (κ3) is 7.66. The maximum Gasteiger partial charge on any atom is 0.0469 e. The van der Waals surface area contributed by atoms with Crippen molar-refractivity contribution in [2.75, 3.05) is 19.8 Å². The Morgan fingerprint density at radius 2 is 2.00 bits per heavy atom. The Morgan fingerprint density at radius 3 is 2.65 bits per heavy atom. The van der Waals surface area contributed by atoms with Crippen LogP contribution in [0.5, 0.6) is 0 Å². The molecule has 0 spiro atoms. The zero-order chi connectivity index (χ0) is 14.8. The first-order valence-electron chi connectivity index (χ1n) is 7.98. The zero-order valence-electron chi connectivity index (χ0n) is 13.6. The average molecular weight is 277 g/mol. The normalized spacial score (nSPS) is 12.8. The molecule has 0 bridgehead atoms. The maximum absolute atomic E-state index is 5.65. The minimum absolute atomic E-state index is 0.548. The van der Waals surface area contributed by atoms with E-state index in [1.165, 1.54) is 11.1 Å². The fraction of sp³-hybridized carbons (Fsp3) is 0.667. The van der Waals surface area contributed by atoms with Crippen LogP contribution < -0.4 is 5.32 Å². The SMILES string of the molecule is CCCOCCC(CNC(C)C)Cc1cccc(C)c1. The molecule has 20 heavy (non-hydrogen) atoms. The van der Waals surface area contributed by atoms with Crippen LogP contribution in [-0.4, -0.2) is 25.8 Å². The first-order chi connectivity index (χ1) is 9.61. The van der Waals surface area contributed by atoms with Crippen molar-refractivity contribution >= 4 is 0 Å². The molecule has 1 unspecified atom stereocenters. The van der Waals surface area contributed by atoms with Crippen LogP contribution in [0, 0.1) is 12.8 Å². The second-order valence-electron chi connectivity index (χ2n) is 6.02. The number of rotatable bonds is 10. The van der Waals surface area contributed by atoms with Crippen molar-refractivity contribution in [3.63, 3.8) is 0 Å². The second-order valence-corrected chi connectivity index (χ2v) is 6.02. The van der Waals surface area contributed by atoms with Crippen LogP contribution >= 0.6 is 0 Å². The van der Waals surface area contributed by atoms with Gasteiger partial charge >= 0.3 is 0 Å². The van der Waals surface area contributed by atoms with Gasteiger partial charge in [-0.2, -0.15) is 0 Å². The summed E-state index contributed by atoms with van der Waals surface area (Å²) in [6.45, 7) is 11.6. The minimum Gasteiger partial charge on any atom is -0.381 e. The molecule has 0 amide bonds. The largest absolute Gasteiger partial charge is 0.381 e. The van der Waals surface area contributed by atoms with Crippen molar-refractivity contribution < 1.29 is 4.74 Å². The number of aryl methyl sites for hydroxylation is 1. The molecule has 0 aliphatic rings. The number of hydrogen-bond donors (Lipinski definition) is 1. The molecule has 2 nitrogen and oxygen atoms in total. The van der Waals surface area contributed by atoms with Crippen LogP contribution in [0.4, 0.5) is 0 Å². The van der Waals surface area contributed by atoms with E-state index in [0.29, 0.717) is 12.0 Å². The van der Waals surface area contributed by atoms with Gasteiger partial charge in [0, 0.05) is 19.3 Å². The van der Waals surface area contributed by atoms with Crippen molar-refractivity contribution in [2.45, 2.75) is 53.0 Å². The highest BCUT2D eigenvalue weighted by molar-refractivity contribution is 5.22. The first-order valence-corrected chi connectivity index (χ1v) is 7.98. The van der Waals surface area contributed by atoms with Gasteiger partial charge < -0.3 is 10.1 Å². The van der Waals surface area contributed by atoms with Crippen molar-refractivity contribution in [3.8, 4) is 0 Å². The van der Waals surface area contributed by atoms with Gasteiger partial charge in [0.05, 0.1) is 0 Å². The summed E-state index contributed by atoms with van der Waals surface area (Å²) in [5, 5.41) is 3.57. The Labute approximate surface area is 124 Å². The molecule has 0 saturated heterocycles. The number of ether oxygens (including phenoxy) is 1. The van der Waals surface area contributed by atoms with Crippen LogP contribution in [0.25, 0.3) is 0 Å². The van der Waals surface area contributed by atoms with Gasteiger partial charge in [0.15, 0.2) is 0 Å². The monoisotopic (exact) mass is 277 g/mol. The van der Waals surface area contributed by atoms with Crippen LogP contribution in [0.3, 0.4) is 0 Å². The highest BCUT2D eigenvalue weighted by Gasteiger charge is 2.10. The molecule has 0 aliphatic heterocycles. The van der Waals surface area contributed by atoms with E-state index < -0.39 is 0 Å². The lowest BCUT2D eigenvalue weighted by atomic mass is 9.95. The molecule has 0 fully saturated rings. The lowest BCUT2D eigenvalue weighted by Crippen LogP contribution is -2.30. The van der Waals surface area contributed by atoms with E-state index in [1.54, 1.807) is 0 Å². The molecular formula is C18H31NO. The highest BCUT2D eigenvalue weighted by atomic mass is 16.5. The molecule has 1 aromatic carbocycles. The smallest absolute Gasteiger partial charge is 0.0469 e. The average Bonchev–Trinajstić information content (AvgIpc) is 2.40. The number of nitrogens with one attached hydrogen (secondary N) is 1. The van der Waals surface area contributed by atoms with Gasteiger partial charge in [-0.1, -0.05) is 50.6 Å². The number of benzene rings is 1. The summed E-state index contributed by atoms with van der Waals surface area (Å²) in [5.74, 6) is 0.649. The van der Waals surface area contributed by atoms with Crippen LogP contribution in [0.2, 0.25) is 0 Å².